The molecule has 0 aromatic heterocycles. The van der Waals surface area contributed by atoms with Crippen molar-refractivity contribution in [1.29, 1.82) is 0 Å². The van der Waals surface area contributed by atoms with Crippen molar-refractivity contribution >= 4 is 46.7 Å². The molecule has 1 spiro atoms. The van der Waals surface area contributed by atoms with Crippen molar-refractivity contribution in [1.82, 2.24) is 5.32 Å². The summed E-state index contributed by atoms with van der Waals surface area (Å²) >= 11 is 12.6. The molecule has 7 nitrogen and oxygen atoms in total. The van der Waals surface area contributed by atoms with Gasteiger partial charge in [-0.2, -0.15) is 0 Å². The number of aryl methyl sites for hydroxylation is 1. The molecule has 1 fully saturated rings. The van der Waals surface area contributed by atoms with E-state index in [1.807, 2.05) is 0 Å². The number of nitrogens with one attached hydrogen (secondary N) is 2. The maximum absolute atomic E-state index is 15.2. The van der Waals surface area contributed by atoms with Gasteiger partial charge in [0.1, 0.15) is 22.8 Å². The van der Waals surface area contributed by atoms with E-state index in [1.54, 1.807) is 45.0 Å². The molecule has 43 heavy (non-hydrogen) atoms. The lowest BCUT2D eigenvalue weighted by Crippen LogP contribution is -2.57. The number of amides is 2. The first kappa shape index (κ1) is 30.8. The summed E-state index contributed by atoms with van der Waals surface area (Å²) in [5, 5.41) is 5.80. The van der Waals surface area contributed by atoms with E-state index in [2.05, 4.69) is 10.6 Å². The van der Waals surface area contributed by atoms with Gasteiger partial charge in [0.2, 0.25) is 17.4 Å². The van der Waals surface area contributed by atoms with Gasteiger partial charge >= 0.3 is 5.97 Å². The first-order chi connectivity index (χ1) is 20.4. The monoisotopic (exact) mass is 630 g/mol. The van der Waals surface area contributed by atoms with Gasteiger partial charge in [0, 0.05) is 28.6 Å². The minimum Gasteiger partial charge on any atom is -0.475 e. The third-order valence-electron chi connectivity index (χ3n) is 8.73. The molecule has 0 unspecified atom stereocenters. The molecule has 2 amide bonds. The Hall–Kier alpha value is -3.69. The summed E-state index contributed by atoms with van der Waals surface area (Å²) in [6.45, 7) is 5.29. The molecule has 0 aliphatic carbocycles. The summed E-state index contributed by atoms with van der Waals surface area (Å²) in [5.74, 6) is -3.74. The Morgan fingerprint density at radius 2 is 1.77 bits per heavy atom. The Morgan fingerprint density at radius 3 is 2.44 bits per heavy atom. The number of rotatable bonds is 7. The zero-order valence-corrected chi connectivity index (χ0v) is 25.5. The molecule has 0 bridgehead atoms. The number of benzene rings is 3. The van der Waals surface area contributed by atoms with Crippen LogP contribution in [0.5, 0.6) is 5.75 Å². The Bertz CT molecular complexity index is 1640. The Labute approximate surface area is 257 Å². The highest BCUT2D eigenvalue weighted by Gasteiger charge is 2.62. The molecule has 3 aromatic rings. The van der Waals surface area contributed by atoms with E-state index in [9.17, 15) is 18.8 Å². The highest BCUT2D eigenvalue weighted by atomic mass is 35.5. The molecule has 2 heterocycles. The van der Waals surface area contributed by atoms with E-state index in [-0.39, 0.29) is 46.3 Å². The van der Waals surface area contributed by atoms with Gasteiger partial charge in [-0.15, -0.1) is 0 Å². The standard InChI is InChI=1S/C32H30Cl2F2N2O5/c1-5-31(6-2,30(41)42-4)43-26-10-8-17(33)11-20(26)21-14-27(39)38-28(19-12-18(35)9-7-16(19)3)32(21)22-13-24(36)23(34)15-25(22)37-29(32)40/h7-13,15,21,28H,5-6,14H2,1-4H3,(H,37,40)(H,38,39)/t21-,28+,32+/m1/s1. The molecule has 2 N–H and O–H groups in total. The van der Waals surface area contributed by atoms with E-state index in [4.69, 9.17) is 32.7 Å². The quantitative estimate of drug-likeness (QED) is 0.276. The molecule has 226 valence electrons. The largest absolute Gasteiger partial charge is 0.475 e. The first-order valence-corrected chi connectivity index (χ1v) is 14.6. The molecule has 1 saturated heterocycles. The van der Waals surface area contributed by atoms with Crippen LogP contribution in [0, 0.1) is 18.6 Å². The molecule has 0 radical (unpaired) electrons. The van der Waals surface area contributed by atoms with E-state index in [1.165, 1.54) is 31.4 Å². The van der Waals surface area contributed by atoms with Crippen LogP contribution in [0.2, 0.25) is 10.0 Å². The van der Waals surface area contributed by atoms with E-state index in [0.29, 0.717) is 16.7 Å². The van der Waals surface area contributed by atoms with Crippen LogP contribution in [0.25, 0.3) is 0 Å². The average molecular weight is 632 g/mol. The molecule has 11 heteroatoms. The lowest BCUT2D eigenvalue weighted by molar-refractivity contribution is -0.160. The molecule has 3 aromatic carbocycles. The highest BCUT2D eigenvalue weighted by Crippen LogP contribution is 2.59. The van der Waals surface area contributed by atoms with Crippen LogP contribution in [0.15, 0.2) is 48.5 Å². The minimum absolute atomic E-state index is 0.197. The van der Waals surface area contributed by atoms with Gasteiger partial charge < -0.3 is 20.1 Å². The van der Waals surface area contributed by atoms with Gasteiger partial charge in [-0.25, -0.2) is 13.6 Å². The van der Waals surface area contributed by atoms with Gasteiger partial charge in [0.15, 0.2) is 0 Å². The topological polar surface area (TPSA) is 93.7 Å². The fraction of sp³-hybridized carbons (Fsp3) is 0.344. The van der Waals surface area contributed by atoms with Crippen molar-refractivity contribution in [2.75, 3.05) is 12.4 Å². The first-order valence-electron chi connectivity index (χ1n) is 13.8. The molecule has 5 rings (SSSR count). The fourth-order valence-corrected chi connectivity index (χ4v) is 6.80. The molecule has 0 saturated carbocycles. The van der Waals surface area contributed by atoms with Gasteiger partial charge in [0.25, 0.3) is 0 Å². The maximum atomic E-state index is 15.2. The van der Waals surface area contributed by atoms with Crippen molar-refractivity contribution < 1.29 is 32.6 Å². The van der Waals surface area contributed by atoms with Crippen molar-refractivity contribution in [3.63, 3.8) is 0 Å². The number of fused-ring (bicyclic) bond motifs is 2. The normalized spacial score (nSPS) is 21.3. The zero-order chi connectivity index (χ0) is 31.3. The Kier molecular flexibility index (Phi) is 8.17. The van der Waals surface area contributed by atoms with Crippen molar-refractivity contribution in [3.05, 3.63) is 92.5 Å². The number of piperidine rings is 1. The van der Waals surface area contributed by atoms with Gasteiger partial charge in [-0.05, 0) is 78.9 Å². The third-order valence-corrected chi connectivity index (χ3v) is 9.26. The van der Waals surface area contributed by atoms with Crippen molar-refractivity contribution in [2.24, 2.45) is 0 Å². The molecular formula is C32H30Cl2F2N2O5. The van der Waals surface area contributed by atoms with Crippen LogP contribution in [0.1, 0.15) is 67.3 Å². The number of halogens is 4. The Morgan fingerprint density at radius 1 is 1.05 bits per heavy atom. The van der Waals surface area contributed by atoms with Crippen LogP contribution in [-0.4, -0.2) is 30.5 Å². The maximum Gasteiger partial charge on any atom is 0.350 e. The lowest BCUT2D eigenvalue weighted by Gasteiger charge is -2.47. The minimum atomic E-state index is -1.71. The summed E-state index contributed by atoms with van der Waals surface area (Å²) in [7, 11) is 1.26. The van der Waals surface area contributed by atoms with E-state index < -0.39 is 52.4 Å². The molecule has 2 aliphatic rings. The number of esters is 1. The number of carbonyl (C=O) groups excluding carboxylic acids is 3. The molecule has 2 aliphatic heterocycles. The van der Waals surface area contributed by atoms with Crippen molar-refractivity contribution in [3.8, 4) is 5.75 Å². The number of anilines is 1. The second kappa shape index (κ2) is 11.4. The molecular weight excluding hydrogens is 601 g/mol. The summed E-state index contributed by atoms with van der Waals surface area (Å²) < 4.78 is 41.4. The van der Waals surface area contributed by atoms with Crippen molar-refractivity contribution in [2.45, 2.75) is 63.0 Å². The van der Waals surface area contributed by atoms with E-state index in [0.717, 1.165) is 0 Å². The Balaban J connectivity index is 1.83. The van der Waals surface area contributed by atoms with Crippen LogP contribution in [-0.2, 0) is 24.5 Å². The highest BCUT2D eigenvalue weighted by molar-refractivity contribution is 6.31. The number of methoxy groups -OCH3 is 1. The SMILES string of the molecule is CCC(CC)(Oc1ccc(Cl)cc1[C@H]1CC(=O)N[C@@H](c2cc(F)ccc2C)[C@]12C(=O)Nc1cc(Cl)c(F)cc12)C(=O)OC. The van der Waals surface area contributed by atoms with E-state index >= 15 is 4.39 Å². The van der Waals surface area contributed by atoms with Gasteiger partial charge in [0.05, 0.1) is 18.2 Å². The van der Waals surface area contributed by atoms with Crippen LogP contribution >= 0.6 is 23.2 Å². The van der Waals surface area contributed by atoms with Gasteiger partial charge in [-0.1, -0.05) is 43.1 Å². The predicted octanol–water partition coefficient (Wildman–Crippen LogP) is 6.93. The number of carbonyl (C=O) groups is 3. The lowest BCUT2D eigenvalue weighted by atomic mass is 9.59. The van der Waals surface area contributed by atoms with Gasteiger partial charge in [-0.3, -0.25) is 9.59 Å². The summed E-state index contributed by atoms with van der Waals surface area (Å²) in [5.41, 5.74) is -1.31. The average Bonchev–Trinajstić information content (AvgIpc) is 3.25. The van der Waals surface area contributed by atoms with Crippen LogP contribution < -0.4 is 15.4 Å². The summed E-state index contributed by atoms with van der Waals surface area (Å²) in [6, 6.07) is 10.1. The smallest absolute Gasteiger partial charge is 0.350 e. The number of ether oxygens (including phenoxy) is 2. The predicted molar refractivity (Wildman–Crippen MR) is 159 cm³/mol. The number of hydrogen-bond acceptors (Lipinski definition) is 5. The fourth-order valence-electron chi connectivity index (χ4n) is 6.46. The zero-order valence-electron chi connectivity index (χ0n) is 23.9. The third kappa shape index (κ3) is 4.92. The summed E-state index contributed by atoms with van der Waals surface area (Å²) in [4.78, 5) is 40.8. The molecule has 3 atom stereocenters. The number of hydrogen-bond donors (Lipinski definition) is 2. The van der Waals surface area contributed by atoms with Crippen LogP contribution in [0.4, 0.5) is 14.5 Å². The van der Waals surface area contributed by atoms with Crippen LogP contribution in [0.3, 0.4) is 0 Å². The second-order valence-electron chi connectivity index (χ2n) is 10.9. The second-order valence-corrected chi connectivity index (χ2v) is 11.7. The summed E-state index contributed by atoms with van der Waals surface area (Å²) in [6.07, 6.45) is 0.279.